The first-order chi connectivity index (χ1) is 5.79. The summed E-state index contributed by atoms with van der Waals surface area (Å²) in [6, 6.07) is 0. The van der Waals surface area contributed by atoms with Crippen molar-refractivity contribution >= 4 is 0 Å². The lowest BCUT2D eigenvalue weighted by Gasteiger charge is -2.27. The summed E-state index contributed by atoms with van der Waals surface area (Å²) in [5.41, 5.74) is -0.279. The van der Waals surface area contributed by atoms with Crippen molar-refractivity contribution in [3.8, 4) is 0 Å². The standard InChI is InChI=1S/C9H17NO2/c11-9(1-2-9)3-4-10-5-7-12-8-6-10/h11H,1-8H2. The molecule has 2 aliphatic rings. The van der Waals surface area contributed by atoms with E-state index in [0.717, 1.165) is 52.1 Å². The van der Waals surface area contributed by atoms with Crippen LogP contribution in [0, 0.1) is 0 Å². The van der Waals surface area contributed by atoms with Crippen molar-refractivity contribution in [1.82, 2.24) is 4.90 Å². The van der Waals surface area contributed by atoms with Gasteiger partial charge in [-0.25, -0.2) is 0 Å². The Labute approximate surface area is 73.3 Å². The van der Waals surface area contributed by atoms with E-state index < -0.39 is 0 Å². The first kappa shape index (κ1) is 8.48. The Bertz CT molecular complexity index is 151. The molecule has 3 heteroatoms. The highest BCUT2D eigenvalue weighted by molar-refractivity contribution is 4.93. The molecular weight excluding hydrogens is 154 g/mol. The Morgan fingerprint density at radius 1 is 1.25 bits per heavy atom. The van der Waals surface area contributed by atoms with Gasteiger partial charge in [0, 0.05) is 19.6 Å². The lowest BCUT2D eigenvalue weighted by atomic mass is 10.2. The molecule has 1 heterocycles. The molecule has 1 aliphatic carbocycles. The molecule has 0 atom stereocenters. The maximum Gasteiger partial charge on any atom is 0.0662 e. The van der Waals surface area contributed by atoms with Crippen molar-refractivity contribution in [2.75, 3.05) is 32.8 Å². The van der Waals surface area contributed by atoms with Crippen molar-refractivity contribution in [3.63, 3.8) is 0 Å². The van der Waals surface area contributed by atoms with E-state index in [0.29, 0.717) is 0 Å². The maximum atomic E-state index is 9.60. The molecule has 1 N–H and O–H groups in total. The number of rotatable bonds is 3. The first-order valence-electron chi connectivity index (χ1n) is 4.81. The smallest absolute Gasteiger partial charge is 0.0662 e. The molecule has 3 nitrogen and oxygen atoms in total. The third kappa shape index (κ3) is 2.19. The molecule has 1 saturated carbocycles. The van der Waals surface area contributed by atoms with Crippen LogP contribution >= 0.6 is 0 Å². The largest absolute Gasteiger partial charge is 0.390 e. The van der Waals surface area contributed by atoms with Crippen molar-refractivity contribution in [2.45, 2.75) is 24.9 Å². The Balaban J connectivity index is 1.65. The van der Waals surface area contributed by atoms with E-state index >= 15 is 0 Å². The van der Waals surface area contributed by atoms with E-state index in [1.807, 2.05) is 0 Å². The summed E-state index contributed by atoms with van der Waals surface area (Å²) < 4.78 is 5.24. The van der Waals surface area contributed by atoms with Gasteiger partial charge in [0.2, 0.25) is 0 Å². The van der Waals surface area contributed by atoms with Crippen LogP contribution in [0.1, 0.15) is 19.3 Å². The fraction of sp³-hybridized carbons (Fsp3) is 1.00. The third-order valence-electron chi connectivity index (χ3n) is 2.82. The molecule has 12 heavy (non-hydrogen) atoms. The van der Waals surface area contributed by atoms with Crippen LogP contribution in [-0.2, 0) is 4.74 Å². The molecule has 0 radical (unpaired) electrons. The third-order valence-corrected chi connectivity index (χ3v) is 2.82. The van der Waals surface area contributed by atoms with Crippen molar-refractivity contribution < 1.29 is 9.84 Å². The molecule has 2 fully saturated rings. The second-order valence-corrected chi connectivity index (χ2v) is 3.93. The number of morpholine rings is 1. The quantitative estimate of drug-likeness (QED) is 0.660. The van der Waals surface area contributed by atoms with Crippen LogP contribution in [0.5, 0.6) is 0 Å². The Hall–Kier alpha value is -0.120. The summed E-state index contributed by atoms with van der Waals surface area (Å²) in [5, 5.41) is 9.60. The van der Waals surface area contributed by atoms with Crippen LogP contribution < -0.4 is 0 Å². The summed E-state index contributed by atoms with van der Waals surface area (Å²) in [6.45, 7) is 4.84. The van der Waals surface area contributed by atoms with Gasteiger partial charge in [-0.05, 0) is 19.3 Å². The minimum Gasteiger partial charge on any atom is -0.390 e. The lowest BCUT2D eigenvalue weighted by Crippen LogP contribution is -2.38. The van der Waals surface area contributed by atoms with Crippen LogP contribution in [0.4, 0.5) is 0 Å². The number of hydrogen-bond donors (Lipinski definition) is 1. The maximum absolute atomic E-state index is 9.60. The van der Waals surface area contributed by atoms with E-state index in [9.17, 15) is 5.11 Å². The molecule has 0 aromatic heterocycles. The van der Waals surface area contributed by atoms with Crippen molar-refractivity contribution in [2.24, 2.45) is 0 Å². The molecule has 0 aromatic carbocycles. The number of hydrogen-bond acceptors (Lipinski definition) is 3. The molecule has 2 rings (SSSR count). The fourth-order valence-corrected chi connectivity index (χ4v) is 1.59. The summed E-state index contributed by atoms with van der Waals surface area (Å²) in [4.78, 5) is 2.37. The molecule has 0 bridgehead atoms. The van der Waals surface area contributed by atoms with Crippen molar-refractivity contribution in [1.29, 1.82) is 0 Å². The van der Waals surface area contributed by atoms with Crippen molar-refractivity contribution in [3.05, 3.63) is 0 Å². The van der Waals surface area contributed by atoms with E-state index in [4.69, 9.17) is 4.74 Å². The highest BCUT2D eigenvalue weighted by atomic mass is 16.5. The zero-order chi connectivity index (χ0) is 8.44. The summed E-state index contributed by atoms with van der Waals surface area (Å²) in [5.74, 6) is 0. The highest BCUT2D eigenvalue weighted by Gasteiger charge is 2.39. The minimum absolute atomic E-state index is 0.279. The van der Waals surface area contributed by atoms with E-state index in [2.05, 4.69) is 4.90 Å². The highest BCUT2D eigenvalue weighted by Crippen LogP contribution is 2.38. The van der Waals surface area contributed by atoms with Gasteiger partial charge in [0.15, 0.2) is 0 Å². The second-order valence-electron chi connectivity index (χ2n) is 3.93. The van der Waals surface area contributed by atoms with Gasteiger partial charge >= 0.3 is 0 Å². The van der Waals surface area contributed by atoms with Crippen LogP contribution in [0.3, 0.4) is 0 Å². The lowest BCUT2D eigenvalue weighted by molar-refractivity contribution is 0.0275. The SMILES string of the molecule is OC1(CCN2CCOCC2)CC1. The fourth-order valence-electron chi connectivity index (χ4n) is 1.59. The Morgan fingerprint density at radius 2 is 1.92 bits per heavy atom. The van der Waals surface area contributed by atoms with Gasteiger partial charge in [0.1, 0.15) is 0 Å². The number of aliphatic hydroxyl groups is 1. The average molecular weight is 171 g/mol. The number of ether oxygens (including phenoxy) is 1. The predicted octanol–water partition coefficient (Wildman–Crippen LogP) is 0.234. The molecule has 0 unspecified atom stereocenters. The molecule has 1 aliphatic heterocycles. The van der Waals surface area contributed by atoms with Gasteiger partial charge in [-0.3, -0.25) is 4.90 Å². The normalized spacial score (nSPS) is 28.8. The van der Waals surface area contributed by atoms with Gasteiger partial charge in [0.25, 0.3) is 0 Å². The van der Waals surface area contributed by atoms with Crippen LogP contribution in [0.25, 0.3) is 0 Å². The minimum atomic E-state index is -0.279. The molecule has 0 amide bonds. The zero-order valence-corrected chi connectivity index (χ0v) is 7.46. The van der Waals surface area contributed by atoms with Gasteiger partial charge in [-0.1, -0.05) is 0 Å². The first-order valence-corrected chi connectivity index (χ1v) is 4.81. The summed E-state index contributed by atoms with van der Waals surface area (Å²) in [7, 11) is 0. The molecule has 0 spiro atoms. The van der Waals surface area contributed by atoms with E-state index in [1.165, 1.54) is 0 Å². The predicted molar refractivity (Wildman–Crippen MR) is 46.1 cm³/mol. The molecule has 0 aromatic rings. The van der Waals surface area contributed by atoms with Crippen LogP contribution in [0.2, 0.25) is 0 Å². The van der Waals surface area contributed by atoms with Crippen LogP contribution in [0.15, 0.2) is 0 Å². The van der Waals surface area contributed by atoms with Crippen LogP contribution in [-0.4, -0.2) is 48.5 Å². The second kappa shape index (κ2) is 3.32. The monoisotopic (exact) mass is 171 g/mol. The van der Waals surface area contributed by atoms with Gasteiger partial charge in [-0.15, -0.1) is 0 Å². The molecular formula is C9H17NO2. The summed E-state index contributed by atoms with van der Waals surface area (Å²) >= 11 is 0. The average Bonchev–Trinajstić information content (AvgIpc) is 2.84. The zero-order valence-electron chi connectivity index (χ0n) is 7.46. The molecule has 70 valence electrons. The van der Waals surface area contributed by atoms with Gasteiger partial charge in [-0.2, -0.15) is 0 Å². The van der Waals surface area contributed by atoms with Gasteiger partial charge < -0.3 is 9.84 Å². The number of nitrogens with zero attached hydrogens (tertiary/aromatic N) is 1. The van der Waals surface area contributed by atoms with E-state index in [-0.39, 0.29) is 5.60 Å². The Morgan fingerprint density at radius 3 is 2.50 bits per heavy atom. The topological polar surface area (TPSA) is 32.7 Å². The molecule has 1 saturated heterocycles. The Kier molecular flexibility index (Phi) is 2.35. The van der Waals surface area contributed by atoms with Gasteiger partial charge in [0.05, 0.1) is 18.8 Å². The summed E-state index contributed by atoms with van der Waals surface area (Å²) in [6.07, 6.45) is 2.97. The van der Waals surface area contributed by atoms with E-state index in [1.54, 1.807) is 0 Å².